The lowest BCUT2D eigenvalue weighted by molar-refractivity contribution is -0.137. The van der Waals surface area contributed by atoms with E-state index >= 15 is 0 Å². The Morgan fingerprint density at radius 3 is 2.33 bits per heavy atom. The summed E-state index contributed by atoms with van der Waals surface area (Å²) in [4.78, 5) is 22.3. The predicted molar refractivity (Wildman–Crippen MR) is 71.0 cm³/mol. The van der Waals surface area contributed by atoms with E-state index in [2.05, 4.69) is 19.2 Å². The molecule has 5 heteroatoms. The van der Waals surface area contributed by atoms with Gasteiger partial charge in [0.1, 0.15) is 0 Å². The molecule has 0 aliphatic carbocycles. The number of carboxylic acid groups (broad SMARTS) is 1. The van der Waals surface area contributed by atoms with Crippen LogP contribution in [-0.4, -0.2) is 30.1 Å². The molecule has 0 aromatic rings. The van der Waals surface area contributed by atoms with Crippen molar-refractivity contribution in [3.05, 3.63) is 0 Å². The van der Waals surface area contributed by atoms with Crippen molar-refractivity contribution in [1.29, 1.82) is 0 Å². The Labute approximate surface area is 109 Å². The quantitative estimate of drug-likeness (QED) is 0.580. The van der Waals surface area contributed by atoms with Gasteiger partial charge in [0.05, 0.1) is 5.92 Å². The first-order valence-electron chi connectivity index (χ1n) is 6.56. The Hall–Kier alpha value is -1.10. The third-order valence-corrected chi connectivity index (χ3v) is 2.89. The fourth-order valence-corrected chi connectivity index (χ4v) is 1.77. The molecule has 0 saturated heterocycles. The standard InChI is InChI=1S/C13H26N2O3/c1-9(2)6-11(7-14)13(18)15-8-10(3)4-5-12(16)17/h9-11H,4-8,14H2,1-3H3,(H,15,18)(H,16,17). The van der Waals surface area contributed by atoms with Crippen LogP contribution in [0.4, 0.5) is 0 Å². The summed E-state index contributed by atoms with van der Waals surface area (Å²) in [5.74, 6) is -0.353. The largest absolute Gasteiger partial charge is 0.481 e. The molecule has 1 amide bonds. The molecule has 5 nitrogen and oxygen atoms in total. The van der Waals surface area contributed by atoms with Gasteiger partial charge in [-0.3, -0.25) is 9.59 Å². The van der Waals surface area contributed by atoms with Gasteiger partial charge in [-0.15, -0.1) is 0 Å². The summed E-state index contributed by atoms with van der Waals surface area (Å²) in [7, 11) is 0. The lowest BCUT2D eigenvalue weighted by Crippen LogP contribution is -2.38. The first kappa shape index (κ1) is 16.9. The minimum Gasteiger partial charge on any atom is -0.481 e. The first-order valence-corrected chi connectivity index (χ1v) is 6.56. The molecule has 0 aromatic heterocycles. The van der Waals surface area contributed by atoms with E-state index < -0.39 is 5.97 Å². The lowest BCUT2D eigenvalue weighted by Gasteiger charge is -2.18. The van der Waals surface area contributed by atoms with Crippen molar-refractivity contribution in [2.45, 2.75) is 40.0 Å². The molecule has 0 heterocycles. The average molecular weight is 258 g/mol. The second-order valence-electron chi connectivity index (χ2n) is 5.34. The van der Waals surface area contributed by atoms with Crippen molar-refractivity contribution >= 4 is 11.9 Å². The van der Waals surface area contributed by atoms with Crippen LogP contribution < -0.4 is 11.1 Å². The molecule has 0 rings (SSSR count). The Morgan fingerprint density at radius 2 is 1.89 bits per heavy atom. The molecule has 0 bridgehead atoms. The summed E-state index contributed by atoms with van der Waals surface area (Å²) in [6.07, 6.45) is 1.50. The third kappa shape index (κ3) is 8.06. The Morgan fingerprint density at radius 1 is 1.28 bits per heavy atom. The van der Waals surface area contributed by atoms with E-state index in [1.807, 2.05) is 6.92 Å². The maximum atomic E-state index is 11.8. The second kappa shape index (κ2) is 8.91. The van der Waals surface area contributed by atoms with E-state index in [9.17, 15) is 9.59 Å². The minimum atomic E-state index is -0.798. The number of carboxylic acids is 1. The summed E-state index contributed by atoms with van der Waals surface area (Å²) in [6, 6.07) is 0. The van der Waals surface area contributed by atoms with E-state index in [0.717, 1.165) is 6.42 Å². The molecule has 0 fully saturated rings. The second-order valence-corrected chi connectivity index (χ2v) is 5.34. The van der Waals surface area contributed by atoms with Gasteiger partial charge in [0.15, 0.2) is 0 Å². The number of nitrogens with one attached hydrogen (secondary N) is 1. The fourth-order valence-electron chi connectivity index (χ4n) is 1.77. The van der Waals surface area contributed by atoms with Crippen molar-refractivity contribution in [2.75, 3.05) is 13.1 Å². The molecule has 0 aliphatic rings. The van der Waals surface area contributed by atoms with E-state index in [1.165, 1.54) is 0 Å². The monoisotopic (exact) mass is 258 g/mol. The Kier molecular flexibility index (Phi) is 8.37. The topological polar surface area (TPSA) is 92.4 Å². The Bertz CT molecular complexity index is 267. The van der Waals surface area contributed by atoms with Gasteiger partial charge in [0, 0.05) is 19.5 Å². The van der Waals surface area contributed by atoms with Gasteiger partial charge in [0.25, 0.3) is 0 Å². The fraction of sp³-hybridized carbons (Fsp3) is 0.846. The van der Waals surface area contributed by atoms with E-state index in [0.29, 0.717) is 25.4 Å². The maximum Gasteiger partial charge on any atom is 0.303 e. The zero-order valence-electron chi connectivity index (χ0n) is 11.6. The van der Waals surface area contributed by atoms with Crippen LogP contribution in [0.2, 0.25) is 0 Å². The van der Waals surface area contributed by atoms with Crippen LogP contribution in [-0.2, 0) is 9.59 Å². The van der Waals surface area contributed by atoms with Crippen LogP contribution in [0.5, 0.6) is 0 Å². The zero-order valence-corrected chi connectivity index (χ0v) is 11.6. The molecule has 0 saturated carbocycles. The maximum absolute atomic E-state index is 11.8. The van der Waals surface area contributed by atoms with Crippen molar-refractivity contribution in [3.63, 3.8) is 0 Å². The highest BCUT2D eigenvalue weighted by Gasteiger charge is 2.18. The van der Waals surface area contributed by atoms with Gasteiger partial charge < -0.3 is 16.2 Å². The van der Waals surface area contributed by atoms with Gasteiger partial charge in [-0.25, -0.2) is 0 Å². The molecule has 106 valence electrons. The number of amides is 1. The highest BCUT2D eigenvalue weighted by atomic mass is 16.4. The first-order chi connectivity index (χ1) is 8.36. The molecular weight excluding hydrogens is 232 g/mol. The highest BCUT2D eigenvalue weighted by Crippen LogP contribution is 2.11. The van der Waals surface area contributed by atoms with Crippen LogP contribution in [0.3, 0.4) is 0 Å². The molecule has 0 radical (unpaired) electrons. The van der Waals surface area contributed by atoms with Crippen LogP contribution in [0.25, 0.3) is 0 Å². The van der Waals surface area contributed by atoms with Crippen LogP contribution >= 0.6 is 0 Å². The SMILES string of the molecule is CC(C)CC(CN)C(=O)NCC(C)CCC(=O)O. The molecular formula is C13H26N2O3. The third-order valence-electron chi connectivity index (χ3n) is 2.89. The van der Waals surface area contributed by atoms with E-state index in [4.69, 9.17) is 10.8 Å². The number of carbonyl (C=O) groups is 2. The average Bonchev–Trinajstić information content (AvgIpc) is 2.29. The number of hydrogen-bond donors (Lipinski definition) is 3. The molecule has 4 N–H and O–H groups in total. The summed E-state index contributed by atoms with van der Waals surface area (Å²) >= 11 is 0. The number of aliphatic carboxylic acids is 1. The molecule has 18 heavy (non-hydrogen) atoms. The predicted octanol–water partition coefficient (Wildman–Crippen LogP) is 1.22. The number of carbonyl (C=O) groups excluding carboxylic acids is 1. The van der Waals surface area contributed by atoms with Gasteiger partial charge in [-0.05, 0) is 24.7 Å². The molecule has 0 aromatic carbocycles. The van der Waals surface area contributed by atoms with Crippen molar-refractivity contribution in [3.8, 4) is 0 Å². The smallest absolute Gasteiger partial charge is 0.303 e. The van der Waals surface area contributed by atoms with Gasteiger partial charge in [-0.2, -0.15) is 0 Å². The summed E-state index contributed by atoms with van der Waals surface area (Å²) in [5, 5.41) is 11.4. The van der Waals surface area contributed by atoms with Crippen molar-refractivity contribution in [1.82, 2.24) is 5.32 Å². The number of nitrogens with two attached hydrogens (primary N) is 1. The number of rotatable bonds is 9. The van der Waals surface area contributed by atoms with Crippen LogP contribution in [0.15, 0.2) is 0 Å². The van der Waals surface area contributed by atoms with Crippen molar-refractivity contribution in [2.24, 2.45) is 23.5 Å². The minimum absolute atomic E-state index is 0.0200. The summed E-state index contributed by atoms with van der Waals surface area (Å²) < 4.78 is 0. The van der Waals surface area contributed by atoms with Gasteiger partial charge in [0.2, 0.25) is 5.91 Å². The van der Waals surface area contributed by atoms with Crippen LogP contribution in [0, 0.1) is 17.8 Å². The van der Waals surface area contributed by atoms with Crippen LogP contribution in [0.1, 0.15) is 40.0 Å². The summed E-state index contributed by atoms with van der Waals surface area (Å²) in [6.45, 7) is 6.92. The Balaban J connectivity index is 3.95. The molecule has 0 aliphatic heterocycles. The van der Waals surface area contributed by atoms with E-state index in [1.54, 1.807) is 0 Å². The van der Waals surface area contributed by atoms with E-state index in [-0.39, 0.29) is 24.2 Å². The molecule has 2 unspecified atom stereocenters. The lowest BCUT2D eigenvalue weighted by atomic mass is 9.96. The zero-order chi connectivity index (χ0) is 14.1. The normalized spacial score (nSPS) is 14.3. The summed E-state index contributed by atoms with van der Waals surface area (Å²) in [5.41, 5.74) is 5.59. The number of hydrogen-bond acceptors (Lipinski definition) is 3. The molecule has 2 atom stereocenters. The molecule has 0 spiro atoms. The van der Waals surface area contributed by atoms with Crippen molar-refractivity contribution < 1.29 is 14.7 Å². The van der Waals surface area contributed by atoms with Gasteiger partial charge in [-0.1, -0.05) is 20.8 Å². The van der Waals surface area contributed by atoms with Gasteiger partial charge >= 0.3 is 5.97 Å². The highest BCUT2D eigenvalue weighted by molar-refractivity contribution is 5.78.